The van der Waals surface area contributed by atoms with Crippen molar-refractivity contribution in [2.24, 2.45) is 5.92 Å². The van der Waals surface area contributed by atoms with Crippen molar-refractivity contribution in [2.45, 2.75) is 51.6 Å². The van der Waals surface area contributed by atoms with Crippen LogP contribution in [0, 0.1) is 5.92 Å². The molecule has 19 heavy (non-hydrogen) atoms. The summed E-state index contributed by atoms with van der Waals surface area (Å²) >= 11 is 0. The fourth-order valence-corrected chi connectivity index (χ4v) is 3.12. The minimum absolute atomic E-state index is 0.208. The Bertz CT molecular complexity index is 277. The molecule has 1 amide bonds. The number of amides is 1. The highest BCUT2D eigenvalue weighted by Gasteiger charge is 2.30. The number of nitrogens with zero attached hydrogens (tertiary/aromatic N) is 1. The SMILES string of the molecule is CCOCCOC1CCCN(C(=O)C2CCCC2)C1. The smallest absolute Gasteiger partial charge is 0.225 e. The molecule has 0 spiro atoms. The van der Waals surface area contributed by atoms with Gasteiger partial charge in [-0.2, -0.15) is 0 Å². The first-order valence-corrected chi connectivity index (χ1v) is 7.79. The molecule has 0 aromatic heterocycles. The van der Waals surface area contributed by atoms with Crippen molar-refractivity contribution in [3.05, 3.63) is 0 Å². The second kappa shape index (κ2) is 7.85. The van der Waals surface area contributed by atoms with Crippen LogP contribution < -0.4 is 0 Å². The summed E-state index contributed by atoms with van der Waals surface area (Å²) in [4.78, 5) is 14.4. The second-order valence-corrected chi connectivity index (χ2v) is 5.60. The molecule has 2 fully saturated rings. The summed E-state index contributed by atoms with van der Waals surface area (Å²) in [5.41, 5.74) is 0. The second-order valence-electron chi connectivity index (χ2n) is 5.60. The Hall–Kier alpha value is -0.610. The minimum atomic E-state index is 0.208. The van der Waals surface area contributed by atoms with E-state index in [0.717, 1.165) is 45.4 Å². The molecule has 110 valence electrons. The molecule has 1 aliphatic carbocycles. The van der Waals surface area contributed by atoms with Crippen LogP contribution in [-0.2, 0) is 14.3 Å². The Morgan fingerprint density at radius 3 is 2.68 bits per heavy atom. The summed E-state index contributed by atoms with van der Waals surface area (Å²) in [7, 11) is 0. The van der Waals surface area contributed by atoms with Gasteiger partial charge in [0.25, 0.3) is 0 Å². The molecule has 0 aromatic carbocycles. The predicted octanol–water partition coefficient (Wildman–Crippen LogP) is 2.22. The van der Waals surface area contributed by atoms with Crippen molar-refractivity contribution in [1.82, 2.24) is 4.90 Å². The highest BCUT2D eigenvalue weighted by atomic mass is 16.5. The number of piperidine rings is 1. The summed E-state index contributed by atoms with van der Waals surface area (Å²) in [6.45, 7) is 5.72. The molecule has 2 aliphatic rings. The van der Waals surface area contributed by atoms with Crippen molar-refractivity contribution in [3.63, 3.8) is 0 Å². The molecule has 1 unspecified atom stereocenters. The van der Waals surface area contributed by atoms with Gasteiger partial charge in [0.15, 0.2) is 0 Å². The Morgan fingerprint density at radius 2 is 1.95 bits per heavy atom. The number of rotatable bonds is 6. The van der Waals surface area contributed by atoms with Gasteiger partial charge < -0.3 is 14.4 Å². The molecule has 4 heteroatoms. The monoisotopic (exact) mass is 269 g/mol. The third-order valence-electron chi connectivity index (χ3n) is 4.18. The predicted molar refractivity (Wildman–Crippen MR) is 74.0 cm³/mol. The van der Waals surface area contributed by atoms with Gasteiger partial charge in [0.1, 0.15) is 0 Å². The molecule has 1 saturated heterocycles. The maximum Gasteiger partial charge on any atom is 0.225 e. The third kappa shape index (κ3) is 4.46. The van der Waals surface area contributed by atoms with Gasteiger partial charge in [-0.3, -0.25) is 4.79 Å². The summed E-state index contributed by atoms with van der Waals surface area (Å²) in [5, 5.41) is 0. The standard InChI is InChI=1S/C15H27NO3/c1-2-18-10-11-19-14-8-5-9-16(12-14)15(17)13-6-3-4-7-13/h13-14H,2-12H2,1H3. The zero-order valence-electron chi connectivity index (χ0n) is 12.1. The quantitative estimate of drug-likeness (QED) is 0.694. The van der Waals surface area contributed by atoms with Crippen LogP contribution in [0.25, 0.3) is 0 Å². The summed E-state index contributed by atoms with van der Waals surface area (Å²) in [6, 6.07) is 0. The third-order valence-corrected chi connectivity index (χ3v) is 4.18. The van der Waals surface area contributed by atoms with Gasteiger partial charge in [0.2, 0.25) is 5.91 Å². The van der Waals surface area contributed by atoms with E-state index in [1.807, 2.05) is 11.8 Å². The maximum atomic E-state index is 12.4. The Labute approximate surface area is 116 Å². The van der Waals surface area contributed by atoms with E-state index < -0.39 is 0 Å². The van der Waals surface area contributed by atoms with Gasteiger partial charge in [-0.05, 0) is 32.6 Å². The van der Waals surface area contributed by atoms with E-state index in [0.29, 0.717) is 25.0 Å². The first-order chi connectivity index (χ1) is 9.31. The number of ether oxygens (including phenoxy) is 2. The molecule has 4 nitrogen and oxygen atoms in total. The Kier molecular flexibility index (Phi) is 6.11. The van der Waals surface area contributed by atoms with Crippen LogP contribution in [0.3, 0.4) is 0 Å². The van der Waals surface area contributed by atoms with Gasteiger partial charge in [0, 0.05) is 25.6 Å². The lowest BCUT2D eigenvalue weighted by Gasteiger charge is -2.34. The number of hydrogen-bond acceptors (Lipinski definition) is 3. The van der Waals surface area contributed by atoms with Crippen LogP contribution in [0.4, 0.5) is 0 Å². The number of carbonyl (C=O) groups excluding carboxylic acids is 1. The van der Waals surface area contributed by atoms with Crippen molar-refractivity contribution < 1.29 is 14.3 Å². The van der Waals surface area contributed by atoms with E-state index in [-0.39, 0.29) is 6.10 Å². The average molecular weight is 269 g/mol. The van der Waals surface area contributed by atoms with Crippen molar-refractivity contribution in [3.8, 4) is 0 Å². The highest BCUT2D eigenvalue weighted by molar-refractivity contribution is 5.79. The fourth-order valence-electron chi connectivity index (χ4n) is 3.12. The first kappa shape index (κ1) is 14.8. The maximum absolute atomic E-state index is 12.4. The lowest BCUT2D eigenvalue weighted by atomic mass is 10.0. The molecule has 0 N–H and O–H groups in total. The van der Waals surface area contributed by atoms with Crippen molar-refractivity contribution in [2.75, 3.05) is 32.9 Å². The molecule has 1 aliphatic heterocycles. The molecule has 1 saturated carbocycles. The lowest BCUT2D eigenvalue weighted by Crippen LogP contribution is -2.45. The van der Waals surface area contributed by atoms with Gasteiger partial charge in [-0.15, -0.1) is 0 Å². The number of likely N-dealkylation sites (tertiary alicyclic amines) is 1. The first-order valence-electron chi connectivity index (χ1n) is 7.79. The van der Waals surface area contributed by atoms with E-state index in [2.05, 4.69) is 0 Å². The zero-order chi connectivity index (χ0) is 13.5. The minimum Gasteiger partial charge on any atom is -0.379 e. The highest BCUT2D eigenvalue weighted by Crippen LogP contribution is 2.27. The molecule has 0 bridgehead atoms. The molecule has 1 atom stereocenters. The van der Waals surface area contributed by atoms with Crippen LogP contribution in [0.2, 0.25) is 0 Å². The van der Waals surface area contributed by atoms with Crippen LogP contribution in [0.1, 0.15) is 45.4 Å². The van der Waals surface area contributed by atoms with Crippen LogP contribution >= 0.6 is 0 Å². The summed E-state index contributed by atoms with van der Waals surface area (Å²) < 4.78 is 11.1. The fraction of sp³-hybridized carbons (Fsp3) is 0.933. The zero-order valence-corrected chi connectivity index (χ0v) is 12.1. The Morgan fingerprint density at radius 1 is 1.16 bits per heavy atom. The van der Waals surface area contributed by atoms with E-state index >= 15 is 0 Å². The average Bonchev–Trinajstić information content (AvgIpc) is 2.97. The molecule has 1 heterocycles. The molecular weight excluding hydrogens is 242 g/mol. The van der Waals surface area contributed by atoms with E-state index in [1.165, 1.54) is 12.8 Å². The van der Waals surface area contributed by atoms with E-state index in [9.17, 15) is 4.79 Å². The topological polar surface area (TPSA) is 38.8 Å². The molecule has 2 rings (SSSR count). The van der Waals surface area contributed by atoms with Crippen LogP contribution in [0.15, 0.2) is 0 Å². The summed E-state index contributed by atoms with van der Waals surface area (Å²) in [5.74, 6) is 0.665. The largest absolute Gasteiger partial charge is 0.379 e. The van der Waals surface area contributed by atoms with E-state index in [1.54, 1.807) is 0 Å². The van der Waals surface area contributed by atoms with Crippen molar-refractivity contribution >= 4 is 5.91 Å². The van der Waals surface area contributed by atoms with Gasteiger partial charge in [-0.1, -0.05) is 12.8 Å². The van der Waals surface area contributed by atoms with Crippen LogP contribution in [-0.4, -0.2) is 49.8 Å². The molecular formula is C15H27NO3. The Balaban J connectivity index is 1.71. The molecule has 0 aromatic rings. The van der Waals surface area contributed by atoms with E-state index in [4.69, 9.17) is 9.47 Å². The van der Waals surface area contributed by atoms with Gasteiger partial charge >= 0.3 is 0 Å². The number of hydrogen-bond donors (Lipinski definition) is 0. The van der Waals surface area contributed by atoms with Gasteiger partial charge in [0.05, 0.1) is 19.3 Å². The number of carbonyl (C=O) groups is 1. The summed E-state index contributed by atoms with van der Waals surface area (Å²) in [6.07, 6.45) is 6.96. The lowest BCUT2D eigenvalue weighted by molar-refractivity contribution is -0.139. The van der Waals surface area contributed by atoms with Gasteiger partial charge in [-0.25, -0.2) is 0 Å². The van der Waals surface area contributed by atoms with Crippen molar-refractivity contribution in [1.29, 1.82) is 0 Å². The van der Waals surface area contributed by atoms with Crippen LogP contribution in [0.5, 0.6) is 0 Å². The normalized spacial score (nSPS) is 24.9. The molecule has 0 radical (unpaired) electrons.